The molecule has 0 amide bonds. The summed E-state index contributed by atoms with van der Waals surface area (Å²) < 4.78 is 25.3. The number of anilines is 2. The van der Waals surface area contributed by atoms with Crippen LogP contribution >= 0.6 is 11.6 Å². The highest BCUT2D eigenvalue weighted by molar-refractivity contribution is 6.32. The van der Waals surface area contributed by atoms with Gasteiger partial charge in [-0.25, -0.2) is 13.8 Å². The van der Waals surface area contributed by atoms with Gasteiger partial charge in [0, 0.05) is 60.8 Å². The van der Waals surface area contributed by atoms with Gasteiger partial charge in [-0.3, -0.25) is 4.90 Å². The molecule has 1 saturated heterocycles. The molecule has 0 bridgehead atoms. The van der Waals surface area contributed by atoms with E-state index in [2.05, 4.69) is 33.9 Å². The Balaban J connectivity index is 1.38. The number of hydrogen-bond donors (Lipinski definition) is 2. The zero-order valence-corrected chi connectivity index (χ0v) is 20.2. The first kappa shape index (κ1) is 23.6. The first-order valence-corrected chi connectivity index (χ1v) is 12.1. The Kier molecular flexibility index (Phi) is 6.62. The van der Waals surface area contributed by atoms with Crippen LogP contribution in [0.15, 0.2) is 55.1 Å². The molecule has 0 radical (unpaired) electrons. The second-order valence-corrected chi connectivity index (χ2v) is 9.37. The number of nitrogen functional groups attached to an aromatic ring is 1. The first-order valence-electron chi connectivity index (χ1n) is 11.8. The Hall–Kier alpha value is -3.16. The van der Waals surface area contributed by atoms with Gasteiger partial charge in [0.1, 0.15) is 11.0 Å². The average molecular weight is 496 g/mol. The van der Waals surface area contributed by atoms with Crippen LogP contribution in [0.25, 0.3) is 28.0 Å². The molecule has 5 nitrogen and oxygen atoms in total. The van der Waals surface area contributed by atoms with E-state index in [1.165, 1.54) is 5.56 Å². The van der Waals surface area contributed by atoms with Crippen LogP contribution in [0.5, 0.6) is 0 Å². The minimum atomic E-state index is -2.29. The molecule has 0 atom stereocenters. The number of halogens is 3. The fraction of sp³-hybridized carbons (Fsp3) is 0.296. The van der Waals surface area contributed by atoms with Crippen molar-refractivity contribution in [1.82, 2.24) is 15.2 Å². The lowest BCUT2D eigenvalue weighted by molar-refractivity contribution is 0.0854. The molecule has 3 heterocycles. The predicted molar refractivity (Wildman–Crippen MR) is 140 cm³/mol. The van der Waals surface area contributed by atoms with Crippen LogP contribution < -0.4 is 16.0 Å². The summed E-state index contributed by atoms with van der Waals surface area (Å²) in [6.45, 7) is 7.51. The number of benzene rings is 2. The molecule has 35 heavy (non-hydrogen) atoms. The standard InChI is InChI=1S/C27H28ClF2N5/c1-17-22-7-4-19(14-20(22)8-9-32-17)24-15-23(26(28)33-27(24)31)18-2-5-21(6-3-18)35-12-10-34(11-13-35)16-25(29)30/h2-7,14-15,25,32H,1,8-13,16H2,(H2,31,33). The van der Waals surface area contributed by atoms with Gasteiger partial charge in [-0.2, -0.15) is 0 Å². The number of fused-ring (bicyclic) bond motifs is 1. The lowest BCUT2D eigenvalue weighted by Crippen LogP contribution is -2.47. The lowest BCUT2D eigenvalue weighted by atomic mass is 9.93. The SMILES string of the molecule is C=C1NCCc2cc(-c3cc(-c4ccc(N5CCN(CC(F)F)CC5)cc4)c(Cl)nc3N)ccc21. The van der Waals surface area contributed by atoms with Crippen LogP contribution in [0.3, 0.4) is 0 Å². The van der Waals surface area contributed by atoms with Gasteiger partial charge in [-0.15, -0.1) is 0 Å². The number of pyridine rings is 1. The van der Waals surface area contributed by atoms with E-state index in [1.807, 2.05) is 41.3 Å². The van der Waals surface area contributed by atoms with Crippen LogP contribution in [0.1, 0.15) is 11.1 Å². The summed E-state index contributed by atoms with van der Waals surface area (Å²) in [7, 11) is 0. The molecular formula is C27H28ClF2N5. The van der Waals surface area contributed by atoms with Crippen molar-refractivity contribution < 1.29 is 8.78 Å². The fourth-order valence-electron chi connectivity index (χ4n) is 4.88. The van der Waals surface area contributed by atoms with Crippen molar-refractivity contribution in [3.05, 3.63) is 71.4 Å². The zero-order chi connectivity index (χ0) is 24.5. The number of aromatic nitrogens is 1. The molecule has 2 aliphatic heterocycles. The summed E-state index contributed by atoms with van der Waals surface area (Å²) in [5.74, 6) is 0.393. The Morgan fingerprint density at radius 3 is 2.40 bits per heavy atom. The molecule has 2 aliphatic rings. The number of hydrogen-bond acceptors (Lipinski definition) is 5. The highest BCUT2D eigenvalue weighted by Gasteiger charge is 2.20. The highest BCUT2D eigenvalue weighted by atomic mass is 35.5. The Morgan fingerprint density at radius 2 is 1.69 bits per heavy atom. The number of nitrogens with two attached hydrogens (primary N) is 1. The van der Waals surface area contributed by atoms with E-state index in [9.17, 15) is 8.78 Å². The molecule has 5 rings (SSSR count). The summed E-state index contributed by atoms with van der Waals surface area (Å²) in [5, 5.41) is 3.66. The quantitative estimate of drug-likeness (QED) is 0.479. The maximum absolute atomic E-state index is 12.6. The van der Waals surface area contributed by atoms with E-state index in [-0.39, 0.29) is 6.54 Å². The van der Waals surface area contributed by atoms with Crippen molar-refractivity contribution in [3.8, 4) is 22.3 Å². The van der Waals surface area contributed by atoms with Crippen molar-refractivity contribution in [3.63, 3.8) is 0 Å². The maximum atomic E-state index is 12.6. The summed E-state index contributed by atoms with van der Waals surface area (Å²) in [6, 6.07) is 16.4. The third kappa shape index (κ3) is 4.97. The van der Waals surface area contributed by atoms with Crippen LogP contribution in [-0.2, 0) is 6.42 Å². The molecule has 3 N–H and O–H groups in total. The van der Waals surface area contributed by atoms with Gasteiger partial charge in [0.2, 0.25) is 0 Å². The number of rotatable bonds is 5. The molecule has 0 spiro atoms. The Labute approximate surface area is 209 Å². The normalized spacial score (nSPS) is 16.3. The van der Waals surface area contributed by atoms with E-state index in [4.69, 9.17) is 17.3 Å². The molecule has 0 saturated carbocycles. The molecule has 0 aliphatic carbocycles. The molecular weight excluding hydrogens is 468 g/mol. The van der Waals surface area contributed by atoms with Crippen molar-refractivity contribution in [1.29, 1.82) is 0 Å². The van der Waals surface area contributed by atoms with Crippen molar-refractivity contribution in [2.45, 2.75) is 12.8 Å². The second-order valence-electron chi connectivity index (χ2n) is 9.01. The Morgan fingerprint density at radius 1 is 0.971 bits per heavy atom. The minimum Gasteiger partial charge on any atom is -0.385 e. The van der Waals surface area contributed by atoms with Crippen LogP contribution in [0.4, 0.5) is 20.3 Å². The van der Waals surface area contributed by atoms with E-state index in [1.54, 1.807) is 0 Å². The van der Waals surface area contributed by atoms with Crippen LogP contribution in [-0.4, -0.2) is 55.6 Å². The zero-order valence-electron chi connectivity index (χ0n) is 19.4. The number of nitrogens with one attached hydrogen (secondary N) is 1. The van der Waals surface area contributed by atoms with Crippen LogP contribution in [0, 0.1) is 0 Å². The van der Waals surface area contributed by atoms with Gasteiger partial charge < -0.3 is 16.0 Å². The van der Waals surface area contributed by atoms with Gasteiger partial charge >= 0.3 is 0 Å². The first-order chi connectivity index (χ1) is 16.9. The third-order valence-corrected chi connectivity index (χ3v) is 7.08. The smallest absolute Gasteiger partial charge is 0.251 e. The second kappa shape index (κ2) is 9.84. The maximum Gasteiger partial charge on any atom is 0.251 e. The number of nitrogens with zero attached hydrogens (tertiary/aromatic N) is 3. The van der Waals surface area contributed by atoms with Gasteiger partial charge in [-0.05, 0) is 41.3 Å². The summed E-state index contributed by atoms with van der Waals surface area (Å²) in [5.41, 5.74) is 14.3. The number of alkyl halides is 2. The minimum absolute atomic E-state index is 0.159. The van der Waals surface area contributed by atoms with Gasteiger partial charge in [-0.1, -0.05) is 48.5 Å². The van der Waals surface area contributed by atoms with Gasteiger partial charge in [0.05, 0.1) is 6.54 Å². The van der Waals surface area contributed by atoms with Gasteiger partial charge in [0.15, 0.2) is 0 Å². The van der Waals surface area contributed by atoms with Crippen molar-refractivity contribution >= 4 is 28.8 Å². The van der Waals surface area contributed by atoms with E-state index < -0.39 is 6.43 Å². The Bertz CT molecular complexity index is 1240. The van der Waals surface area contributed by atoms with Crippen molar-refractivity contribution in [2.24, 2.45) is 0 Å². The highest BCUT2D eigenvalue weighted by Crippen LogP contribution is 2.36. The fourth-order valence-corrected chi connectivity index (χ4v) is 5.13. The molecule has 3 aromatic rings. The van der Waals surface area contributed by atoms with Gasteiger partial charge in [0.25, 0.3) is 6.43 Å². The predicted octanol–water partition coefficient (Wildman–Crippen LogP) is 5.15. The summed E-state index contributed by atoms with van der Waals surface area (Å²) in [4.78, 5) is 8.46. The molecule has 1 fully saturated rings. The van der Waals surface area contributed by atoms with E-state index in [0.717, 1.165) is 65.3 Å². The topological polar surface area (TPSA) is 57.4 Å². The molecule has 0 unspecified atom stereocenters. The monoisotopic (exact) mass is 495 g/mol. The lowest BCUT2D eigenvalue weighted by Gasteiger charge is -2.36. The molecule has 182 valence electrons. The average Bonchev–Trinajstić information content (AvgIpc) is 2.84. The molecule has 2 aromatic carbocycles. The van der Waals surface area contributed by atoms with E-state index >= 15 is 0 Å². The van der Waals surface area contributed by atoms with Crippen LogP contribution in [0.2, 0.25) is 5.15 Å². The largest absolute Gasteiger partial charge is 0.385 e. The van der Waals surface area contributed by atoms with Crippen molar-refractivity contribution in [2.75, 3.05) is 49.9 Å². The van der Waals surface area contributed by atoms with E-state index in [0.29, 0.717) is 24.1 Å². The third-order valence-electron chi connectivity index (χ3n) is 6.79. The molecule has 1 aromatic heterocycles. The number of piperazine rings is 1. The molecule has 8 heteroatoms. The summed E-state index contributed by atoms with van der Waals surface area (Å²) >= 11 is 6.52. The summed E-state index contributed by atoms with van der Waals surface area (Å²) in [6.07, 6.45) is -1.37.